The summed E-state index contributed by atoms with van der Waals surface area (Å²) < 4.78 is 39.5. The highest BCUT2D eigenvalue weighted by molar-refractivity contribution is 5.73. The van der Waals surface area contributed by atoms with Crippen LogP contribution < -0.4 is 10.9 Å². The summed E-state index contributed by atoms with van der Waals surface area (Å²) in [7, 11) is 0. The second-order valence-corrected chi connectivity index (χ2v) is 7.92. The maximum atomic E-state index is 12.6. The van der Waals surface area contributed by atoms with Crippen LogP contribution in [-0.2, 0) is 19.3 Å². The first-order chi connectivity index (χ1) is 15.3. The molecule has 0 spiro atoms. The molecule has 32 heavy (non-hydrogen) atoms. The summed E-state index contributed by atoms with van der Waals surface area (Å²) in [4.78, 5) is 22.1. The summed E-state index contributed by atoms with van der Waals surface area (Å²) in [6, 6.07) is 9.06. The molecule has 1 saturated heterocycles. The van der Waals surface area contributed by atoms with Crippen molar-refractivity contribution in [2.75, 3.05) is 19.6 Å². The van der Waals surface area contributed by atoms with Crippen LogP contribution in [0.25, 0.3) is 11.0 Å². The second-order valence-electron chi connectivity index (χ2n) is 7.92. The van der Waals surface area contributed by atoms with Crippen molar-refractivity contribution in [1.82, 2.24) is 24.8 Å². The van der Waals surface area contributed by atoms with E-state index < -0.39 is 18.0 Å². The maximum absolute atomic E-state index is 12.6. The molecule has 0 saturated carbocycles. The lowest BCUT2D eigenvalue weighted by Gasteiger charge is -2.36. The predicted molar refractivity (Wildman–Crippen MR) is 113 cm³/mol. The molecule has 0 amide bonds. The fourth-order valence-corrected chi connectivity index (χ4v) is 3.98. The van der Waals surface area contributed by atoms with Crippen LogP contribution in [0.3, 0.4) is 0 Å². The van der Waals surface area contributed by atoms with E-state index in [9.17, 15) is 23.1 Å². The zero-order valence-electron chi connectivity index (χ0n) is 17.3. The first-order valence-corrected chi connectivity index (χ1v) is 10.4. The molecule has 7 nitrogen and oxygen atoms in total. The molecular weight excluding hydrogens is 423 g/mol. The molecule has 0 aliphatic carbocycles. The van der Waals surface area contributed by atoms with Gasteiger partial charge in [-0.25, -0.2) is 0 Å². The molecule has 4 rings (SSSR count). The minimum Gasteiger partial charge on any atom is -0.390 e. The first kappa shape index (κ1) is 22.4. The third-order valence-corrected chi connectivity index (χ3v) is 5.75. The molecule has 0 unspecified atom stereocenters. The van der Waals surface area contributed by atoms with E-state index in [1.807, 2.05) is 6.07 Å². The number of aromatic nitrogens is 3. The molecule has 1 aliphatic heterocycles. The van der Waals surface area contributed by atoms with Gasteiger partial charge in [0.25, 0.3) is 5.56 Å². The van der Waals surface area contributed by atoms with Crippen LogP contribution in [0.5, 0.6) is 0 Å². The van der Waals surface area contributed by atoms with Crippen LogP contribution in [0, 0.1) is 0 Å². The normalized spacial score (nSPS) is 20.0. The topological polar surface area (TPSA) is 83.3 Å². The zero-order valence-corrected chi connectivity index (χ0v) is 17.3. The van der Waals surface area contributed by atoms with Gasteiger partial charge in [0, 0.05) is 50.7 Å². The zero-order chi connectivity index (χ0) is 22.7. The summed E-state index contributed by atoms with van der Waals surface area (Å²) in [5, 5.41) is 13.8. The van der Waals surface area contributed by atoms with Crippen molar-refractivity contribution in [3.8, 4) is 0 Å². The Morgan fingerprint density at radius 2 is 1.97 bits per heavy atom. The van der Waals surface area contributed by atoms with Crippen LogP contribution in [0.1, 0.15) is 17.7 Å². The number of nitrogens with zero attached hydrogens (tertiary/aromatic N) is 4. The molecular formula is C22H24F3N5O2. The molecule has 4 heterocycles. The second kappa shape index (κ2) is 9.35. The van der Waals surface area contributed by atoms with Crippen LogP contribution in [0.2, 0.25) is 0 Å². The van der Waals surface area contributed by atoms with Crippen molar-refractivity contribution in [3.63, 3.8) is 0 Å². The average Bonchev–Trinajstić information content (AvgIpc) is 2.77. The SMILES string of the molecule is O=c1ccc2ncccc2n1CCN1CC[C@H](NCc2ccc(C(F)(F)F)nc2)[C@H](O)C1. The smallest absolute Gasteiger partial charge is 0.390 e. The third-order valence-electron chi connectivity index (χ3n) is 5.75. The first-order valence-electron chi connectivity index (χ1n) is 10.4. The molecule has 3 aromatic rings. The van der Waals surface area contributed by atoms with Gasteiger partial charge in [0.2, 0.25) is 0 Å². The number of alkyl halides is 3. The maximum Gasteiger partial charge on any atom is 0.433 e. The molecule has 170 valence electrons. The van der Waals surface area contributed by atoms with Gasteiger partial charge in [0.05, 0.1) is 17.1 Å². The molecule has 3 aromatic heterocycles. The molecule has 1 aliphatic rings. The molecule has 0 radical (unpaired) electrons. The van der Waals surface area contributed by atoms with E-state index in [1.165, 1.54) is 18.3 Å². The van der Waals surface area contributed by atoms with Crippen molar-refractivity contribution >= 4 is 11.0 Å². The number of nitrogens with one attached hydrogen (secondary N) is 1. The fourth-order valence-electron chi connectivity index (χ4n) is 3.98. The summed E-state index contributed by atoms with van der Waals surface area (Å²) >= 11 is 0. The number of hydrogen-bond donors (Lipinski definition) is 2. The Kier molecular flexibility index (Phi) is 6.54. The number of likely N-dealkylation sites (tertiary alicyclic amines) is 1. The number of fused-ring (bicyclic) bond motifs is 1. The number of halogens is 3. The molecule has 2 N–H and O–H groups in total. The highest BCUT2D eigenvalue weighted by Gasteiger charge is 2.32. The van der Waals surface area contributed by atoms with E-state index >= 15 is 0 Å². The Balaban J connectivity index is 1.29. The third kappa shape index (κ3) is 5.14. The van der Waals surface area contributed by atoms with Gasteiger partial charge in [0.15, 0.2) is 0 Å². The van der Waals surface area contributed by atoms with E-state index in [2.05, 4.69) is 20.2 Å². The van der Waals surface area contributed by atoms with Crippen molar-refractivity contribution < 1.29 is 18.3 Å². The average molecular weight is 447 g/mol. The van der Waals surface area contributed by atoms with Gasteiger partial charge in [0.1, 0.15) is 5.69 Å². The fraction of sp³-hybridized carbons (Fsp3) is 0.409. The van der Waals surface area contributed by atoms with Crippen molar-refractivity contribution in [2.24, 2.45) is 0 Å². The lowest BCUT2D eigenvalue weighted by molar-refractivity contribution is -0.141. The molecule has 2 atom stereocenters. The molecule has 0 aromatic carbocycles. The minimum atomic E-state index is -4.46. The number of hydrogen-bond acceptors (Lipinski definition) is 6. The highest BCUT2D eigenvalue weighted by Crippen LogP contribution is 2.27. The number of rotatable bonds is 6. The summed E-state index contributed by atoms with van der Waals surface area (Å²) in [6.45, 7) is 2.61. The molecule has 1 fully saturated rings. The van der Waals surface area contributed by atoms with Gasteiger partial charge in [-0.2, -0.15) is 13.2 Å². The van der Waals surface area contributed by atoms with Gasteiger partial charge in [-0.1, -0.05) is 6.07 Å². The predicted octanol–water partition coefficient (Wildman–Crippen LogP) is 2.04. The monoisotopic (exact) mass is 447 g/mol. The Bertz CT molecular complexity index is 1120. The van der Waals surface area contributed by atoms with E-state index in [-0.39, 0.29) is 11.6 Å². The molecule has 0 bridgehead atoms. The lowest BCUT2D eigenvalue weighted by atomic mass is 10.0. The number of aliphatic hydroxyl groups excluding tert-OH is 1. The quantitative estimate of drug-likeness (QED) is 0.602. The van der Waals surface area contributed by atoms with Gasteiger partial charge in [-0.3, -0.25) is 19.7 Å². The van der Waals surface area contributed by atoms with Gasteiger partial charge < -0.3 is 15.0 Å². The van der Waals surface area contributed by atoms with E-state index in [1.54, 1.807) is 22.9 Å². The van der Waals surface area contributed by atoms with E-state index in [4.69, 9.17) is 0 Å². The largest absolute Gasteiger partial charge is 0.433 e. The van der Waals surface area contributed by atoms with Crippen molar-refractivity contribution in [2.45, 2.75) is 37.8 Å². The number of β-amino-alcohol motifs (C(OH)–C–C–N with tert-alkyl or cyclic N) is 1. The van der Waals surface area contributed by atoms with Crippen LogP contribution >= 0.6 is 0 Å². The highest BCUT2D eigenvalue weighted by atomic mass is 19.4. The Labute approximate surface area is 182 Å². The Morgan fingerprint density at radius 3 is 2.69 bits per heavy atom. The number of piperidine rings is 1. The number of aliphatic hydroxyl groups is 1. The Morgan fingerprint density at radius 1 is 1.12 bits per heavy atom. The van der Waals surface area contributed by atoms with Crippen LogP contribution in [0.15, 0.2) is 53.6 Å². The minimum absolute atomic E-state index is 0.0900. The van der Waals surface area contributed by atoms with Crippen molar-refractivity contribution in [1.29, 1.82) is 0 Å². The van der Waals surface area contributed by atoms with Gasteiger partial charge in [-0.05, 0) is 42.8 Å². The van der Waals surface area contributed by atoms with Crippen LogP contribution in [-0.4, -0.2) is 56.3 Å². The van der Waals surface area contributed by atoms with E-state index in [0.717, 1.165) is 23.6 Å². The van der Waals surface area contributed by atoms with E-state index in [0.29, 0.717) is 38.2 Å². The van der Waals surface area contributed by atoms with Crippen LogP contribution in [0.4, 0.5) is 13.2 Å². The summed E-state index contributed by atoms with van der Waals surface area (Å²) in [5.74, 6) is 0. The van der Waals surface area contributed by atoms with Crippen molar-refractivity contribution in [3.05, 3.63) is 70.4 Å². The standard InChI is InChI=1S/C22H24F3N5O2/c23-22(24,25)20-5-3-15(13-28-20)12-27-17-7-9-29(14-19(17)31)10-11-30-18-2-1-8-26-16(18)4-6-21(30)32/h1-6,8,13,17,19,27,31H,7,9-12,14H2/t17-,19+/m0/s1. The molecule has 10 heteroatoms. The van der Waals surface area contributed by atoms with Gasteiger partial charge >= 0.3 is 6.18 Å². The summed E-state index contributed by atoms with van der Waals surface area (Å²) in [5.41, 5.74) is 1.15. The lowest BCUT2D eigenvalue weighted by Crippen LogP contribution is -2.53. The summed E-state index contributed by atoms with van der Waals surface area (Å²) in [6.07, 6.45) is -1.51. The Hall–Kier alpha value is -2.82. The number of pyridine rings is 3. The van der Waals surface area contributed by atoms with Gasteiger partial charge in [-0.15, -0.1) is 0 Å².